The van der Waals surface area contributed by atoms with Crippen molar-refractivity contribution in [3.8, 4) is 0 Å². The van der Waals surface area contributed by atoms with Gasteiger partial charge in [0.25, 0.3) is 0 Å². The van der Waals surface area contributed by atoms with Gasteiger partial charge >= 0.3 is 0 Å². The van der Waals surface area contributed by atoms with Crippen molar-refractivity contribution in [3.63, 3.8) is 0 Å². The van der Waals surface area contributed by atoms with Crippen LogP contribution in [-0.2, 0) is 21.2 Å². The standard InChI is InChI=1S/C18H23N3O3S/c1-14-4-5-15(2)17(12-14)25(23,24)20-13-18(22)21(3)11-8-16-6-9-19-10-7-16/h4-7,9-10,12,20H,8,11,13H2,1-3H3. The molecule has 0 bridgehead atoms. The molecule has 0 atom stereocenters. The number of carbonyl (C=O) groups is 1. The summed E-state index contributed by atoms with van der Waals surface area (Å²) in [7, 11) is -2.05. The third-order valence-electron chi connectivity index (χ3n) is 3.96. The third-order valence-corrected chi connectivity index (χ3v) is 5.50. The molecule has 6 nitrogen and oxygen atoms in total. The van der Waals surface area contributed by atoms with Gasteiger partial charge in [0.15, 0.2) is 0 Å². The van der Waals surface area contributed by atoms with Crippen LogP contribution in [0.5, 0.6) is 0 Å². The number of pyridine rings is 1. The Kier molecular flexibility index (Phi) is 6.27. The lowest BCUT2D eigenvalue weighted by Gasteiger charge is -2.18. The van der Waals surface area contributed by atoms with Gasteiger partial charge in [0.05, 0.1) is 11.4 Å². The van der Waals surface area contributed by atoms with Crippen LogP contribution < -0.4 is 4.72 Å². The van der Waals surface area contributed by atoms with Gasteiger partial charge in [0.1, 0.15) is 0 Å². The molecule has 0 unspecified atom stereocenters. The average molecular weight is 361 g/mol. The summed E-state index contributed by atoms with van der Waals surface area (Å²) in [5.41, 5.74) is 2.58. The summed E-state index contributed by atoms with van der Waals surface area (Å²) in [6.45, 7) is 3.81. The molecule has 25 heavy (non-hydrogen) atoms. The molecule has 0 saturated carbocycles. The number of hydrogen-bond acceptors (Lipinski definition) is 4. The van der Waals surface area contributed by atoms with Crippen LogP contribution in [0, 0.1) is 13.8 Å². The van der Waals surface area contributed by atoms with E-state index in [0.717, 1.165) is 11.1 Å². The highest BCUT2D eigenvalue weighted by atomic mass is 32.2. The monoisotopic (exact) mass is 361 g/mol. The second-order valence-electron chi connectivity index (χ2n) is 6.01. The van der Waals surface area contributed by atoms with Crippen LogP contribution in [0.25, 0.3) is 0 Å². The maximum absolute atomic E-state index is 12.4. The van der Waals surface area contributed by atoms with Crippen LogP contribution >= 0.6 is 0 Å². The summed E-state index contributed by atoms with van der Waals surface area (Å²) >= 11 is 0. The first-order valence-electron chi connectivity index (χ1n) is 7.99. The Balaban J connectivity index is 1.93. The summed E-state index contributed by atoms with van der Waals surface area (Å²) in [6.07, 6.45) is 4.10. The van der Waals surface area contributed by atoms with E-state index in [0.29, 0.717) is 18.5 Å². The van der Waals surface area contributed by atoms with Gasteiger partial charge in [0, 0.05) is 26.0 Å². The fourth-order valence-electron chi connectivity index (χ4n) is 2.34. The zero-order valence-electron chi connectivity index (χ0n) is 14.7. The molecule has 0 aliphatic rings. The Morgan fingerprint density at radius 1 is 1.16 bits per heavy atom. The zero-order chi connectivity index (χ0) is 18.4. The molecule has 7 heteroatoms. The van der Waals surface area contributed by atoms with Crippen LogP contribution in [0.3, 0.4) is 0 Å². The minimum Gasteiger partial charge on any atom is -0.344 e. The van der Waals surface area contributed by atoms with E-state index in [2.05, 4.69) is 9.71 Å². The van der Waals surface area contributed by atoms with Crippen molar-refractivity contribution in [2.75, 3.05) is 20.1 Å². The van der Waals surface area contributed by atoms with Gasteiger partial charge in [-0.1, -0.05) is 12.1 Å². The lowest BCUT2D eigenvalue weighted by atomic mass is 10.2. The van der Waals surface area contributed by atoms with Crippen molar-refractivity contribution >= 4 is 15.9 Å². The molecular formula is C18H23N3O3S. The van der Waals surface area contributed by atoms with E-state index in [4.69, 9.17) is 0 Å². The number of sulfonamides is 1. The van der Waals surface area contributed by atoms with Gasteiger partial charge in [0.2, 0.25) is 15.9 Å². The first-order chi connectivity index (χ1) is 11.8. The fraction of sp³-hybridized carbons (Fsp3) is 0.333. The van der Waals surface area contributed by atoms with Gasteiger partial charge in [-0.25, -0.2) is 13.1 Å². The summed E-state index contributed by atoms with van der Waals surface area (Å²) in [6, 6.07) is 9.00. The number of amides is 1. The second kappa shape index (κ2) is 8.22. The minimum absolute atomic E-state index is 0.208. The van der Waals surface area contributed by atoms with Crippen LogP contribution in [0.4, 0.5) is 0 Å². The average Bonchev–Trinajstić information content (AvgIpc) is 2.60. The first kappa shape index (κ1) is 19.1. The molecule has 0 fully saturated rings. The number of aromatic nitrogens is 1. The molecule has 2 aromatic rings. The summed E-state index contributed by atoms with van der Waals surface area (Å²) in [4.78, 5) is 17.9. The largest absolute Gasteiger partial charge is 0.344 e. The summed E-state index contributed by atoms with van der Waals surface area (Å²) < 4.78 is 27.2. The molecule has 0 aliphatic heterocycles. The Morgan fingerprint density at radius 3 is 2.52 bits per heavy atom. The van der Waals surface area contributed by atoms with E-state index < -0.39 is 10.0 Å². The van der Waals surface area contributed by atoms with Crippen LogP contribution in [0.2, 0.25) is 0 Å². The Morgan fingerprint density at radius 2 is 1.84 bits per heavy atom. The lowest BCUT2D eigenvalue weighted by molar-refractivity contribution is -0.128. The summed E-state index contributed by atoms with van der Waals surface area (Å²) in [5, 5.41) is 0. The van der Waals surface area contributed by atoms with Crippen LogP contribution in [0.15, 0.2) is 47.6 Å². The molecule has 0 saturated heterocycles. The van der Waals surface area contributed by atoms with E-state index in [1.165, 1.54) is 4.90 Å². The quantitative estimate of drug-likeness (QED) is 0.814. The maximum atomic E-state index is 12.4. The lowest BCUT2D eigenvalue weighted by Crippen LogP contribution is -2.39. The van der Waals surface area contributed by atoms with E-state index in [9.17, 15) is 13.2 Å². The highest BCUT2D eigenvalue weighted by Crippen LogP contribution is 2.16. The van der Waals surface area contributed by atoms with Gasteiger partial charge < -0.3 is 4.90 Å². The number of nitrogens with one attached hydrogen (secondary N) is 1. The molecule has 2 rings (SSSR count). The molecule has 0 radical (unpaired) electrons. The van der Waals surface area contributed by atoms with Gasteiger partial charge in [-0.15, -0.1) is 0 Å². The van der Waals surface area contributed by atoms with Gasteiger partial charge in [-0.05, 0) is 55.2 Å². The second-order valence-corrected chi connectivity index (χ2v) is 7.75. The number of carbonyl (C=O) groups excluding carboxylic acids is 1. The van der Waals surface area contributed by atoms with E-state index in [-0.39, 0.29) is 17.3 Å². The molecule has 1 N–H and O–H groups in total. The first-order valence-corrected chi connectivity index (χ1v) is 9.48. The number of nitrogens with zero attached hydrogens (tertiary/aromatic N) is 2. The number of aryl methyl sites for hydroxylation is 2. The Bertz CT molecular complexity index is 836. The number of hydrogen-bond donors (Lipinski definition) is 1. The topological polar surface area (TPSA) is 79.4 Å². The summed E-state index contributed by atoms with van der Waals surface area (Å²) in [5.74, 6) is -0.275. The van der Waals surface area contributed by atoms with E-state index in [1.54, 1.807) is 38.5 Å². The number of rotatable bonds is 7. The van der Waals surface area contributed by atoms with Crippen LogP contribution in [0.1, 0.15) is 16.7 Å². The van der Waals surface area contributed by atoms with Crippen molar-refractivity contribution in [3.05, 3.63) is 59.4 Å². The molecule has 1 heterocycles. The fourth-order valence-corrected chi connectivity index (χ4v) is 3.64. The van der Waals surface area contributed by atoms with Crippen molar-refractivity contribution in [2.24, 2.45) is 0 Å². The van der Waals surface area contributed by atoms with E-state index >= 15 is 0 Å². The molecule has 134 valence electrons. The molecule has 0 spiro atoms. The van der Waals surface area contributed by atoms with Gasteiger partial charge in [-0.2, -0.15) is 0 Å². The van der Waals surface area contributed by atoms with Crippen molar-refractivity contribution in [1.82, 2.24) is 14.6 Å². The maximum Gasteiger partial charge on any atom is 0.241 e. The van der Waals surface area contributed by atoms with Gasteiger partial charge in [-0.3, -0.25) is 9.78 Å². The zero-order valence-corrected chi connectivity index (χ0v) is 15.5. The van der Waals surface area contributed by atoms with Crippen LogP contribution in [-0.4, -0.2) is 44.3 Å². The predicted octanol–water partition coefficient (Wildman–Crippen LogP) is 1.68. The SMILES string of the molecule is Cc1ccc(C)c(S(=O)(=O)NCC(=O)N(C)CCc2ccncc2)c1. The molecular weight excluding hydrogens is 338 g/mol. The molecule has 1 aromatic heterocycles. The molecule has 0 aliphatic carbocycles. The normalized spacial score (nSPS) is 11.3. The van der Waals surface area contributed by atoms with Crippen molar-refractivity contribution in [1.29, 1.82) is 0 Å². The third kappa shape index (κ3) is 5.37. The van der Waals surface area contributed by atoms with Crippen molar-refractivity contribution in [2.45, 2.75) is 25.2 Å². The smallest absolute Gasteiger partial charge is 0.241 e. The minimum atomic E-state index is -3.71. The highest BCUT2D eigenvalue weighted by molar-refractivity contribution is 7.89. The highest BCUT2D eigenvalue weighted by Gasteiger charge is 2.19. The molecule has 1 amide bonds. The Labute approximate surface area is 148 Å². The van der Waals surface area contributed by atoms with Crippen molar-refractivity contribution < 1.29 is 13.2 Å². The number of benzene rings is 1. The Hall–Kier alpha value is -2.25. The molecule has 1 aromatic carbocycles. The predicted molar refractivity (Wildman–Crippen MR) is 96.7 cm³/mol. The number of likely N-dealkylation sites (N-methyl/N-ethyl adjacent to an activating group) is 1. The van der Waals surface area contributed by atoms with E-state index in [1.807, 2.05) is 25.1 Å².